The smallest absolute Gasteiger partial charge is 0.0233 e. The highest BCUT2D eigenvalue weighted by molar-refractivity contribution is 7.97. The third kappa shape index (κ3) is 3.76. The highest BCUT2D eigenvalue weighted by Crippen LogP contribution is 2.31. The van der Waals surface area contributed by atoms with Crippen LogP contribution in [0.15, 0.2) is 29.2 Å². The molecule has 0 aromatic heterocycles. The molecule has 0 unspecified atom stereocenters. The lowest BCUT2D eigenvalue weighted by Crippen LogP contribution is -2.27. The van der Waals surface area contributed by atoms with Gasteiger partial charge in [0.1, 0.15) is 0 Å². The Balaban J connectivity index is 2.01. The van der Waals surface area contributed by atoms with Gasteiger partial charge < -0.3 is 0 Å². The van der Waals surface area contributed by atoms with E-state index in [1.54, 1.807) is 0 Å². The van der Waals surface area contributed by atoms with Crippen molar-refractivity contribution in [1.29, 1.82) is 0 Å². The van der Waals surface area contributed by atoms with Gasteiger partial charge in [0.05, 0.1) is 0 Å². The largest absolute Gasteiger partial charge is 0.246 e. The van der Waals surface area contributed by atoms with E-state index >= 15 is 0 Å². The lowest BCUT2D eigenvalue weighted by atomic mass is 9.87. The Morgan fingerprint density at radius 3 is 2.44 bits per heavy atom. The Morgan fingerprint density at radius 1 is 1.17 bits per heavy atom. The zero-order valence-corrected chi connectivity index (χ0v) is 12.9. The summed E-state index contributed by atoms with van der Waals surface area (Å²) < 4.78 is 2.52. The molecule has 18 heavy (non-hydrogen) atoms. The number of rotatable bonds is 2. The molecule has 0 saturated carbocycles. The maximum Gasteiger partial charge on any atom is 0.0233 e. The van der Waals surface area contributed by atoms with Gasteiger partial charge in [-0.15, -0.1) is 0 Å². The first-order valence-electron chi connectivity index (χ1n) is 6.98. The lowest BCUT2D eigenvalue weighted by molar-refractivity contribution is 0.308. The van der Waals surface area contributed by atoms with Crippen LogP contribution in [0.4, 0.5) is 0 Å². The second-order valence-corrected chi connectivity index (χ2v) is 7.65. The van der Waals surface area contributed by atoms with Crippen molar-refractivity contribution in [2.75, 3.05) is 13.1 Å². The highest BCUT2D eigenvalue weighted by Gasteiger charge is 2.18. The minimum atomic E-state index is 0.243. The first-order chi connectivity index (χ1) is 8.45. The quantitative estimate of drug-likeness (QED) is 0.710. The van der Waals surface area contributed by atoms with Crippen molar-refractivity contribution in [2.45, 2.75) is 50.8 Å². The molecule has 0 bridgehead atoms. The van der Waals surface area contributed by atoms with Crippen LogP contribution in [0.1, 0.15) is 46.1 Å². The number of hydrogen-bond donors (Lipinski definition) is 0. The third-order valence-electron chi connectivity index (χ3n) is 3.68. The van der Waals surface area contributed by atoms with E-state index in [2.05, 4.69) is 56.3 Å². The summed E-state index contributed by atoms with van der Waals surface area (Å²) in [5.41, 5.74) is 1.67. The van der Waals surface area contributed by atoms with Crippen LogP contribution in [0.2, 0.25) is 0 Å². The molecule has 1 heterocycles. The first-order valence-corrected chi connectivity index (χ1v) is 7.76. The summed E-state index contributed by atoms with van der Waals surface area (Å²) in [7, 11) is 0. The van der Waals surface area contributed by atoms with Gasteiger partial charge >= 0.3 is 0 Å². The normalized spacial score (nSPS) is 19.1. The second-order valence-electron chi connectivity index (χ2n) is 6.48. The Labute approximate surface area is 116 Å². The number of piperidine rings is 1. The van der Waals surface area contributed by atoms with Crippen LogP contribution < -0.4 is 0 Å². The molecule has 1 nitrogen and oxygen atoms in total. The van der Waals surface area contributed by atoms with Gasteiger partial charge in [-0.3, -0.25) is 0 Å². The van der Waals surface area contributed by atoms with Crippen LogP contribution >= 0.6 is 11.9 Å². The van der Waals surface area contributed by atoms with Gasteiger partial charge in [0.25, 0.3) is 0 Å². The fraction of sp³-hybridized carbons (Fsp3) is 0.625. The van der Waals surface area contributed by atoms with Gasteiger partial charge in [0.15, 0.2) is 0 Å². The molecule has 1 aliphatic rings. The monoisotopic (exact) mass is 263 g/mol. The SMILES string of the molecule is CC1CCN(Sc2cccc(C(C)(C)C)c2)CC1. The van der Waals surface area contributed by atoms with Crippen molar-refractivity contribution in [3.63, 3.8) is 0 Å². The molecule has 1 fully saturated rings. The Kier molecular flexibility index (Phi) is 4.39. The molecule has 0 spiro atoms. The molecule has 1 aromatic rings. The van der Waals surface area contributed by atoms with Crippen LogP contribution in [0.5, 0.6) is 0 Å². The van der Waals surface area contributed by atoms with Gasteiger partial charge in [-0.1, -0.05) is 39.8 Å². The minimum Gasteiger partial charge on any atom is -0.246 e. The average Bonchev–Trinajstić information content (AvgIpc) is 2.31. The second kappa shape index (κ2) is 5.66. The van der Waals surface area contributed by atoms with Gasteiger partial charge in [0, 0.05) is 18.0 Å². The van der Waals surface area contributed by atoms with E-state index < -0.39 is 0 Å². The van der Waals surface area contributed by atoms with E-state index in [-0.39, 0.29) is 5.41 Å². The molecular weight excluding hydrogens is 238 g/mol. The van der Waals surface area contributed by atoms with Crippen LogP contribution in [0, 0.1) is 5.92 Å². The molecule has 0 radical (unpaired) electrons. The van der Waals surface area contributed by atoms with Gasteiger partial charge in [-0.05, 0) is 53.8 Å². The molecule has 100 valence electrons. The van der Waals surface area contributed by atoms with E-state index in [1.165, 1.54) is 36.4 Å². The average molecular weight is 263 g/mol. The third-order valence-corrected chi connectivity index (χ3v) is 4.77. The fourth-order valence-corrected chi connectivity index (χ4v) is 3.26. The molecule has 2 heteroatoms. The topological polar surface area (TPSA) is 3.24 Å². The van der Waals surface area contributed by atoms with Crippen molar-refractivity contribution < 1.29 is 0 Å². The maximum absolute atomic E-state index is 2.52. The summed E-state index contributed by atoms with van der Waals surface area (Å²) >= 11 is 1.93. The van der Waals surface area contributed by atoms with E-state index in [0.29, 0.717) is 0 Å². The summed E-state index contributed by atoms with van der Waals surface area (Å²) in [4.78, 5) is 1.39. The molecular formula is C16H25NS. The van der Waals surface area contributed by atoms with Crippen molar-refractivity contribution in [1.82, 2.24) is 4.31 Å². The Bertz CT molecular complexity index is 386. The van der Waals surface area contributed by atoms with Crippen molar-refractivity contribution in [3.8, 4) is 0 Å². The number of benzene rings is 1. The molecule has 0 amide bonds. The van der Waals surface area contributed by atoms with E-state index in [1.807, 2.05) is 11.9 Å². The van der Waals surface area contributed by atoms with Crippen LogP contribution in [0.25, 0.3) is 0 Å². The van der Waals surface area contributed by atoms with Gasteiger partial charge in [-0.25, -0.2) is 4.31 Å². The van der Waals surface area contributed by atoms with Crippen LogP contribution in [0.3, 0.4) is 0 Å². The molecule has 0 atom stereocenters. The fourth-order valence-electron chi connectivity index (χ4n) is 2.24. The molecule has 1 aromatic carbocycles. The molecule has 1 saturated heterocycles. The van der Waals surface area contributed by atoms with Crippen molar-refractivity contribution in [3.05, 3.63) is 29.8 Å². The van der Waals surface area contributed by atoms with Crippen LogP contribution in [-0.4, -0.2) is 17.4 Å². The zero-order chi connectivity index (χ0) is 13.2. The summed E-state index contributed by atoms with van der Waals surface area (Å²) in [6, 6.07) is 9.01. The molecule has 1 aliphatic heterocycles. The van der Waals surface area contributed by atoms with Crippen molar-refractivity contribution in [2.24, 2.45) is 5.92 Å². The first kappa shape index (κ1) is 14.0. The summed E-state index contributed by atoms with van der Waals surface area (Å²) in [5.74, 6) is 0.905. The molecule has 0 N–H and O–H groups in total. The molecule has 0 aliphatic carbocycles. The molecule has 2 rings (SSSR count). The van der Waals surface area contributed by atoms with E-state index in [4.69, 9.17) is 0 Å². The zero-order valence-electron chi connectivity index (χ0n) is 12.1. The van der Waals surface area contributed by atoms with Crippen LogP contribution in [-0.2, 0) is 5.41 Å². The Morgan fingerprint density at radius 2 is 1.83 bits per heavy atom. The summed E-state index contributed by atoms with van der Waals surface area (Å²) in [6.45, 7) is 11.7. The predicted molar refractivity (Wildman–Crippen MR) is 81.0 cm³/mol. The van der Waals surface area contributed by atoms with Crippen molar-refractivity contribution >= 4 is 11.9 Å². The standard InChI is InChI=1S/C16H25NS/c1-13-8-10-17(11-9-13)18-15-7-5-6-14(12-15)16(2,3)4/h5-7,12-13H,8-11H2,1-4H3. The van der Waals surface area contributed by atoms with E-state index in [9.17, 15) is 0 Å². The summed E-state index contributed by atoms with van der Waals surface area (Å²) in [6.07, 6.45) is 2.68. The van der Waals surface area contributed by atoms with E-state index in [0.717, 1.165) is 5.92 Å². The number of hydrogen-bond acceptors (Lipinski definition) is 2. The number of nitrogens with zero attached hydrogens (tertiary/aromatic N) is 1. The van der Waals surface area contributed by atoms with Gasteiger partial charge in [-0.2, -0.15) is 0 Å². The minimum absolute atomic E-state index is 0.243. The van der Waals surface area contributed by atoms with Gasteiger partial charge in [0.2, 0.25) is 0 Å². The maximum atomic E-state index is 2.52. The predicted octanol–water partition coefficient (Wildman–Crippen LogP) is 4.72. The highest BCUT2D eigenvalue weighted by atomic mass is 32.2. The summed E-state index contributed by atoms with van der Waals surface area (Å²) in [5, 5.41) is 0. The lowest BCUT2D eigenvalue weighted by Gasteiger charge is -2.29. The Hall–Kier alpha value is -0.470.